The molecule has 0 aromatic carbocycles. The molecule has 0 bridgehead atoms. The van der Waals surface area contributed by atoms with Gasteiger partial charge in [0.25, 0.3) is 0 Å². The van der Waals surface area contributed by atoms with E-state index in [0.29, 0.717) is 13.1 Å². The third-order valence-corrected chi connectivity index (χ3v) is 2.69. The Balaban J connectivity index is 2.50. The van der Waals surface area contributed by atoms with Gasteiger partial charge in [-0.2, -0.15) is 0 Å². The number of rotatable bonds is 4. The summed E-state index contributed by atoms with van der Waals surface area (Å²) >= 11 is 0. The normalized spacial score (nSPS) is 21.0. The van der Waals surface area contributed by atoms with Crippen molar-refractivity contribution in [1.29, 1.82) is 0 Å². The van der Waals surface area contributed by atoms with Gasteiger partial charge in [-0.25, -0.2) is 0 Å². The topological polar surface area (TPSA) is 75.4 Å². The van der Waals surface area contributed by atoms with Crippen LogP contribution in [0.4, 0.5) is 0 Å². The molecule has 0 spiro atoms. The summed E-state index contributed by atoms with van der Waals surface area (Å²) in [6.45, 7) is 4.13. The number of hydrogen-bond acceptors (Lipinski definition) is 3. The van der Waals surface area contributed by atoms with E-state index < -0.39 is 5.91 Å². The van der Waals surface area contributed by atoms with E-state index in [1.54, 1.807) is 0 Å². The highest BCUT2D eigenvalue weighted by Crippen LogP contribution is 2.13. The fourth-order valence-corrected chi connectivity index (χ4v) is 1.85. The van der Waals surface area contributed by atoms with Crippen molar-refractivity contribution in [1.82, 2.24) is 10.2 Å². The van der Waals surface area contributed by atoms with E-state index in [1.165, 1.54) is 4.90 Å². The van der Waals surface area contributed by atoms with Crippen LogP contribution in [0.2, 0.25) is 0 Å². The van der Waals surface area contributed by atoms with E-state index in [2.05, 4.69) is 5.32 Å². The van der Waals surface area contributed by atoms with Gasteiger partial charge in [-0.15, -0.1) is 0 Å². The highest BCUT2D eigenvalue weighted by molar-refractivity contribution is 5.85. The molecule has 0 radical (unpaired) electrons. The van der Waals surface area contributed by atoms with Crippen LogP contribution in [0.5, 0.6) is 0 Å². The number of amides is 2. The van der Waals surface area contributed by atoms with Crippen molar-refractivity contribution in [3.05, 3.63) is 0 Å². The lowest BCUT2D eigenvalue weighted by atomic mass is 9.98. The number of hydrogen-bond donors (Lipinski definition) is 2. The second-order valence-corrected chi connectivity index (χ2v) is 3.86. The third kappa shape index (κ3) is 3.51. The summed E-state index contributed by atoms with van der Waals surface area (Å²) in [5.74, 6) is -0.393. The molecule has 1 aliphatic heterocycles. The van der Waals surface area contributed by atoms with Gasteiger partial charge in [-0.3, -0.25) is 9.59 Å². The van der Waals surface area contributed by atoms with E-state index in [4.69, 9.17) is 5.73 Å². The molecule has 0 aliphatic carbocycles. The Labute approximate surface area is 90.0 Å². The zero-order valence-electron chi connectivity index (χ0n) is 9.16. The monoisotopic (exact) mass is 213 g/mol. The second kappa shape index (κ2) is 5.70. The molecule has 3 N–H and O–H groups in total. The molecule has 86 valence electrons. The van der Waals surface area contributed by atoms with Gasteiger partial charge in [-0.05, 0) is 26.3 Å². The Morgan fingerprint density at radius 2 is 2.27 bits per heavy atom. The van der Waals surface area contributed by atoms with Gasteiger partial charge in [0.15, 0.2) is 0 Å². The number of nitrogens with one attached hydrogen (secondary N) is 1. The first kappa shape index (κ1) is 12.0. The van der Waals surface area contributed by atoms with Crippen molar-refractivity contribution in [2.45, 2.75) is 19.8 Å². The summed E-state index contributed by atoms with van der Waals surface area (Å²) in [4.78, 5) is 24.2. The van der Waals surface area contributed by atoms with Gasteiger partial charge in [0.2, 0.25) is 11.8 Å². The molecule has 1 aliphatic rings. The van der Waals surface area contributed by atoms with Crippen LogP contribution in [0, 0.1) is 5.92 Å². The zero-order valence-corrected chi connectivity index (χ0v) is 9.16. The van der Waals surface area contributed by atoms with Crippen molar-refractivity contribution >= 4 is 11.8 Å². The average molecular weight is 213 g/mol. The molecule has 0 aromatic rings. The predicted octanol–water partition coefficient (Wildman–Crippen LogP) is -0.680. The fourth-order valence-electron chi connectivity index (χ4n) is 1.85. The fraction of sp³-hybridized carbons (Fsp3) is 0.800. The first-order valence-corrected chi connectivity index (χ1v) is 5.43. The molecule has 2 amide bonds. The summed E-state index contributed by atoms with van der Waals surface area (Å²) < 4.78 is 0. The highest BCUT2D eigenvalue weighted by Gasteiger charge is 2.25. The minimum absolute atomic E-state index is 0.0121. The largest absolute Gasteiger partial charge is 0.368 e. The molecule has 1 heterocycles. The van der Waals surface area contributed by atoms with Crippen molar-refractivity contribution in [2.24, 2.45) is 11.7 Å². The van der Waals surface area contributed by atoms with Crippen LogP contribution in [0.3, 0.4) is 0 Å². The first-order chi connectivity index (χ1) is 7.15. The van der Waals surface area contributed by atoms with Crippen LogP contribution >= 0.6 is 0 Å². The summed E-state index contributed by atoms with van der Waals surface area (Å²) in [5.41, 5.74) is 5.09. The van der Waals surface area contributed by atoms with Gasteiger partial charge < -0.3 is 16.0 Å². The number of piperidine rings is 1. The number of carbonyl (C=O) groups excluding carboxylic acids is 2. The molecule has 5 nitrogen and oxygen atoms in total. The molecule has 0 unspecified atom stereocenters. The number of nitrogens with two attached hydrogens (primary N) is 1. The predicted molar refractivity (Wildman–Crippen MR) is 57.0 cm³/mol. The van der Waals surface area contributed by atoms with E-state index >= 15 is 0 Å². The van der Waals surface area contributed by atoms with Crippen molar-refractivity contribution in [3.8, 4) is 0 Å². The van der Waals surface area contributed by atoms with Gasteiger partial charge in [0, 0.05) is 13.1 Å². The first-order valence-electron chi connectivity index (χ1n) is 5.43. The lowest BCUT2D eigenvalue weighted by Gasteiger charge is -2.28. The van der Waals surface area contributed by atoms with E-state index in [-0.39, 0.29) is 18.4 Å². The lowest BCUT2D eigenvalue weighted by Crippen LogP contribution is -2.45. The quantitative estimate of drug-likeness (QED) is 0.649. The second-order valence-electron chi connectivity index (χ2n) is 3.86. The molecule has 5 heteroatoms. The summed E-state index contributed by atoms with van der Waals surface area (Å²) in [6.07, 6.45) is 1.92. The van der Waals surface area contributed by atoms with Gasteiger partial charge in [-0.1, -0.05) is 0 Å². The van der Waals surface area contributed by atoms with E-state index in [0.717, 1.165) is 19.4 Å². The number of nitrogens with zero attached hydrogens (tertiary/aromatic N) is 1. The summed E-state index contributed by atoms with van der Waals surface area (Å²) in [6, 6.07) is 0. The van der Waals surface area contributed by atoms with Crippen molar-refractivity contribution < 1.29 is 9.59 Å². The Morgan fingerprint density at radius 3 is 2.73 bits per heavy atom. The van der Waals surface area contributed by atoms with Crippen LogP contribution in [0.1, 0.15) is 19.8 Å². The maximum atomic E-state index is 11.9. The van der Waals surface area contributed by atoms with Gasteiger partial charge >= 0.3 is 0 Å². The SMILES string of the molecule is CCN(CC(N)=O)C(=O)[C@H]1CCCNC1. The van der Waals surface area contributed by atoms with Gasteiger partial charge in [0.05, 0.1) is 12.5 Å². The summed E-state index contributed by atoms with van der Waals surface area (Å²) in [5, 5.41) is 3.18. The Hall–Kier alpha value is -1.10. The molecule has 1 rings (SSSR count). The van der Waals surface area contributed by atoms with E-state index in [1.807, 2.05) is 6.92 Å². The van der Waals surface area contributed by atoms with E-state index in [9.17, 15) is 9.59 Å². The van der Waals surface area contributed by atoms with Crippen LogP contribution in [0.15, 0.2) is 0 Å². The molecule has 0 saturated carbocycles. The molecule has 1 fully saturated rings. The van der Waals surface area contributed by atoms with Crippen molar-refractivity contribution in [3.63, 3.8) is 0 Å². The molecule has 1 atom stereocenters. The Morgan fingerprint density at radius 1 is 1.53 bits per heavy atom. The Bertz CT molecular complexity index is 237. The molecular weight excluding hydrogens is 194 g/mol. The minimum atomic E-state index is -0.450. The lowest BCUT2D eigenvalue weighted by molar-refractivity contribution is -0.139. The van der Waals surface area contributed by atoms with Crippen LogP contribution in [-0.2, 0) is 9.59 Å². The maximum Gasteiger partial charge on any atom is 0.237 e. The standard InChI is InChI=1S/C10H19N3O2/c1-2-13(7-9(11)14)10(15)8-4-3-5-12-6-8/h8,12H,2-7H2,1H3,(H2,11,14)/t8-/m0/s1. The third-order valence-electron chi connectivity index (χ3n) is 2.69. The molecule has 0 aromatic heterocycles. The van der Waals surface area contributed by atoms with Crippen LogP contribution < -0.4 is 11.1 Å². The maximum absolute atomic E-state index is 11.9. The number of carbonyl (C=O) groups is 2. The molecular formula is C10H19N3O2. The average Bonchev–Trinajstić information content (AvgIpc) is 2.26. The summed E-state index contributed by atoms with van der Waals surface area (Å²) in [7, 11) is 0. The molecule has 1 saturated heterocycles. The van der Waals surface area contributed by atoms with Crippen LogP contribution in [0.25, 0.3) is 0 Å². The Kier molecular flexibility index (Phi) is 4.55. The zero-order chi connectivity index (χ0) is 11.3. The number of likely N-dealkylation sites (N-methyl/N-ethyl adjacent to an activating group) is 1. The number of primary amides is 1. The van der Waals surface area contributed by atoms with Crippen molar-refractivity contribution in [2.75, 3.05) is 26.2 Å². The smallest absolute Gasteiger partial charge is 0.237 e. The molecule has 15 heavy (non-hydrogen) atoms. The highest BCUT2D eigenvalue weighted by atomic mass is 16.2. The van der Waals surface area contributed by atoms with Gasteiger partial charge in [0.1, 0.15) is 0 Å². The minimum Gasteiger partial charge on any atom is -0.368 e. The van der Waals surface area contributed by atoms with Crippen LogP contribution in [-0.4, -0.2) is 42.9 Å².